The molecule has 3 aromatic heterocycles. The van der Waals surface area contributed by atoms with Crippen LogP contribution in [0.2, 0.25) is 0 Å². The number of amides is 1. The number of carbonyl (C=O) groups is 1. The molecule has 0 aliphatic carbocycles. The first-order valence-corrected chi connectivity index (χ1v) is 8.17. The first-order valence-electron chi connectivity index (χ1n) is 8.17. The quantitative estimate of drug-likeness (QED) is 0.627. The summed E-state index contributed by atoms with van der Waals surface area (Å²) < 4.78 is 3.37. The molecule has 1 fully saturated rings. The van der Waals surface area contributed by atoms with E-state index in [0.717, 1.165) is 24.3 Å². The van der Waals surface area contributed by atoms with Gasteiger partial charge in [0, 0.05) is 31.4 Å². The van der Waals surface area contributed by atoms with Crippen LogP contribution in [0.3, 0.4) is 0 Å². The number of anilines is 1. The van der Waals surface area contributed by atoms with E-state index in [9.17, 15) is 4.79 Å². The summed E-state index contributed by atoms with van der Waals surface area (Å²) in [6.45, 7) is 3.91. The van der Waals surface area contributed by atoms with Crippen molar-refractivity contribution >= 4 is 17.2 Å². The van der Waals surface area contributed by atoms with Gasteiger partial charge in [-0.15, -0.1) is 0 Å². The average molecular weight is 340 g/mol. The van der Waals surface area contributed by atoms with E-state index in [-0.39, 0.29) is 6.04 Å². The molecule has 1 amide bonds. The topological polar surface area (TPSA) is 115 Å². The first-order chi connectivity index (χ1) is 12.0. The zero-order valence-electron chi connectivity index (χ0n) is 14.1. The Hall–Kier alpha value is -2.94. The fraction of sp³-hybridized carbons (Fsp3) is 0.375. The lowest BCUT2D eigenvalue weighted by atomic mass is 10.1. The van der Waals surface area contributed by atoms with Crippen LogP contribution in [0.4, 0.5) is 5.69 Å². The number of aromatic nitrogens is 5. The number of carbonyl (C=O) groups excluding carboxylic acids is 1. The second-order valence-corrected chi connectivity index (χ2v) is 6.48. The standard InChI is InChI=1S/C16H20N8O/c1-9-3-18-6-12(9)21-14-11(15(17)25)5-20-24-8-13(22-16(14)24)10-4-19-23(2)7-10/h4-5,7-9,12,18,21H,3,6H2,1-2H3,(H2,17,25). The Bertz CT molecular complexity index is 943. The van der Waals surface area contributed by atoms with Gasteiger partial charge in [-0.3, -0.25) is 9.48 Å². The van der Waals surface area contributed by atoms with E-state index in [1.807, 2.05) is 19.4 Å². The largest absolute Gasteiger partial charge is 0.377 e. The summed E-state index contributed by atoms with van der Waals surface area (Å²) in [5.41, 5.74) is 8.72. The highest BCUT2D eigenvalue weighted by atomic mass is 16.1. The molecule has 9 nitrogen and oxygen atoms in total. The number of imidazole rings is 1. The zero-order chi connectivity index (χ0) is 17.6. The summed E-state index contributed by atoms with van der Waals surface area (Å²) in [7, 11) is 1.85. The Labute approximate surface area is 144 Å². The summed E-state index contributed by atoms with van der Waals surface area (Å²) in [4.78, 5) is 16.5. The van der Waals surface area contributed by atoms with E-state index in [0.29, 0.717) is 22.8 Å². The maximum absolute atomic E-state index is 11.9. The molecule has 130 valence electrons. The van der Waals surface area contributed by atoms with E-state index < -0.39 is 5.91 Å². The Morgan fingerprint density at radius 2 is 2.16 bits per heavy atom. The minimum Gasteiger partial charge on any atom is -0.377 e. The Balaban J connectivity index is 1.83. The number of nitrogens with zero attached hydrogens (tertiary/aromatic N) is 5. The maximum Gasteiger partial charge on any atom is 0.252 e. The van der Waals surface area contributed by atoms with Crippen molar-refractivity contribution in [2.24, 2.45) is 18.7 Å². The Kier molecular flexibility index (Phi) is 3.65. The molecular weight excluding hydrogens is 320 g/mol. The number of hydrogen-bond acceptors (Lipinski definition) is 6. The fourth-order valence-electron chi connectivity index (χ4n) is 3.14. The molecular formula is C16H20N8O. The van der Waals surface area contributed by atoms with E-state index in [1.165, 1.54) is 6.20 Å². The van der Waals surface area contributed by atoms with Gasteiger partial charge < -0.3 is 16.4 Å². The highest BCUT2D eigenvalue weighted by Crippen LogP contribution is 2.27. The molecule has 3 aromatic rings. The number of nitrogens with one attached hydrogen (secondary N) is 2. The molecule has 0 radical (unpaired) electrons. The van der Waals surface area contributed by atoms with Crippen molar-refractivity contribution in [2.75, 3.05) is 18.4 Å². The van der Waals surface area contributed by atoms with E-state index in [1.54, 1.807) is 15.4 Å². The van der Waals surface area contributed by atoms with Crippen LogP contribution in [0.15, 0.2) is 24.8 Å². The minimum atomic E-state index is -0.526. The second-order valence-electron chi connectivity index (χ2n) is 6.48. The van der Waals surface area contributed by atoms with Gasteiger partial charge in [0.25, 0.3) is 5.91 Å². The monoisotopic (exact) mass is 340 g/mol. The third kappa shape index (κ3) is 2.72. The predicted octanol–water partition coefficient (Wildman–Crippen LogP) is 0.249. The van der Waals surface area contributed by atoms with Crippen LogP contribution in [-0.4, -0.2) is 49.4 Å². The molecule has 0 saturated carbocycles. The second kappa shape index (κ2) is 5.85. The highest BCUT2D eigenvalue weighted by Gasteiger charge is 2.26. The van der Waals surface area contributed by atoms with Gasteiger partial charge >= 0.3 is 0 Å². The smallest absolute Gasteiger partial charge is 0.252 e. The summed E-state index contributed by atoms with van der Waals surface area (Å²) >= 11 is 0. The normalized spacial score (nSPS) is 20.2. The van der Waals surface area contributed by atoms with Crippen LogP contribution in [0.25, 0.3) is 16.9 Å². The van der Waals surface area contributed by atoms with Gasteiger partial charge in [-0.2, -0.15) is 10.2 Å². The third-order valence-electron chi connectivity index (χ3n) is 4.61. The van der Waals surface area contributed by atoms with Crippen molar-refractivity contribution < 1.29 is 4.79 Å². The van der Waals surface area contributed by atoms with Crippen molar-refractivity contribution in [1.82, 2.24) is 29.7 Å². The lowest BCUT2D eigenvalue weighted by molar-refractivity contribution is 0.100. The highest BCUT2D eigenvalue weighted by molar-refractivity contribution is 6.01. The Morgan fingerprint density at radius 3 is 2.80 bits per heavy atom. The number of nitrogens with two attached hydrogens (primary N) is 1. The molecule has 4 rings (SSSR count). The number of fused-ring (bicyclic) bond motifs is 1. The van der Waals surface area contributed by atoms with Crippen LogP contribution in [0.1, 0.15) is 17.3 Å². The molecule has 0 bridgehead atoms. The molecule has 1 aliphatic rings. The minimum absolute atomic E-state index is 0.197. The summed E-state index contributed by atoms with van der Waals surface area (Å²) in [5, 5.41) is 15.2. The summed E-state index contributed by atoms with van der Waals surface area (Å²) in [6.07, 6.45) is 6.93. The summed E-state index contributed by atoms with van der Waals surface area (Å²) in [6, 6.07) is 0.197. The van der Waals surface area contributed by atoms with Gasteiger partial charge in [0.05, 0.1) is 35.5 Å². The fourth-order valence-corrected chi connectivity index (χ4v) is 3.14. The lowest BCUT2D eigenvalue weighted by Gasteiger charge is -2.19. The van der Waals surface area contributed by atoms with Crippen molar-refractivity contribution in [3.8, 4) is 11.3 Å². The van der Waals surface area contributed by atoms with Crippen molar-refractivity contribution in [2.45, 2.75) is 13.0 Å². The zero-order valence-corrected chi connectivity index (χ0v) is 14.1. The van der Waals surface area contributed by atoms with Crippen LogP contribution in [0.5, 0.6) is 0 Å². The van der Waals surface area contributed by atoms with E-state index in [4.69, 9.17) is 5.73 Å². The van der Waals surface area contributed by atoms with Crippen LogP contribution in [-0.2, 0) is 7.05 Å². The maximum atomic E-state index is 11.9. The van der Waals surface area contributed by atoms with Crippen LogP contribution < -0.4 is 16.4 Å². The number of rotatable bonds is 4. The van der Waals surface area contributed by atoms with Crippen LogP contribution in [0, 0.1) is 5.92 Å². The van der Waals surface area contributed by atoms with E-state index in [2.05, 4.69) is 32.7 Å². The molecule has 9 heteroatoms. The SMILES string of the molecule is CC1CNCC1Nc1c(C(N)=O)cnn2cc(-c3cnn(C)c3)nc12. The molecule has 25 heavy (non-hydrogen) atoms. The molecule has 0 spiro atoms. The molecule has 2 atom stereocenters. The molecule has 4 N–H and O–H groups in total. The third-order valence-corrected chi connectivity index (χ3v) is 4.61. The van der Waals surface area contributed by atoms with Crippen molar-refractivity contribution in [3.05, 3.63) is 30.4 Å². The number of aryl methyl sites for hydroxylation is 1. The van der Waals surface area contributed by atoms with Gasteiger partial charge in [0.15, 0.2) is 5.65 Å². The van der Waals surface area contributed by atoms with Gasteiger partial charge in [0.1, 0.15) is 0 Å². The van der Waals surface area contributed by atoms with Crippen molar-refractivity contribution in [3.63, 3.8) is 0 Å². The lowest BCUT2D eigenvalue weighted by Crippen LogP contribution is -2.29. The molecule has 1 saturated heterocycles. The van der Waals surface area contributed by atoms with Gasteiger partial charge in [-0.25, -0.2) is 9.50 Å². The van der Waals surface area contributed by atoms with Gasteiger partial charge in [-0.05, 0) is 12.5 Å². The molecule has 4 heterocycles. The first kappa shape index (κ1) is 15.6. The van der Waals surface area contributed by atoms with E-state index >= 15 is 0 Å². The van der Waals surface area contributed by atoms with Gasteiger partial charge in [-0.1, -0.05) is 6.92 Å². The number of primary amides is 1. The molecule has 1 aliphatic heterocycles. The van der Waals surface area contributed by atoms with Crippen LogP contribution >= 0.6 is 0 Å². The summed E-state index contributed by atoms with van der Waals surface area (Å²) in [5.74, 6) is -0.0938. The van der Waals surface area contributed by atoms with Gasteiger partial charge in [0.2, 0.25) is 0 Å². The molecule has 0 aromatic carbocycles. The van der Waals surface area contributed by atoms with Crippen molar-refractivity contribution in [1.29, 1.82) is 0 Å². The average Bonchev–Trinajstić information content (AvgIpc) is 3.27. The predicted molar refractivity (Wildman–Crippen MR) is 93.2 cm³/mol. The Morgan fingerprint density at radius 1 is 1.32 bits per heavy atom. The number of hydrogen-bond donors (Lipinski definition) is 3. The molecule has 2 unspecified atom stereocenters.